The second kappa shape index (κ2) is 11.4. The summed E-state index contributed by atoms with van der Waals surface area (Å²) in [5, 5.41) is 2.90. The number of hydrogen-bond donors (Lipinski definition) is 2. The Morgan fingerprint density at radius 2 is 1.87 bits per heavy atom. The number of para-hydroxylation sites is 1. The third-order valence-corrected chi connectivity index (χ3v) is 7.95. The van der Waals surface area contributed by atoms with Crippen LogP contribution in [0, 0.1) is 5.41 Å². The minimum absolute atomic E-state index is 0.130. The molecule has 3 aromatic rings. The van der Waals surface area contributed by atoms with Crippen molar-refractivity contribution in [3.63, 3.8) is 0 Å². The number of benzene rings is 2. The number of piperidine rings is 1. The van der Waals surface area contributed by atoms with Crippen LogP contribution in [0.5, 0.6) is 5.75 Å². The molecule has 0 radical (unpaired) electrons. The van der Waals surface area contributed by atoms with E-state index in [0.717, 1.165) is 44.3 Å². The number of rotatable bonds is 4. The summed E-state index contributed by atoms with van der Waals surface area (Å²) in [5.41, 5.74) is 2.42. The lowest BCUT2D eigenvalue weighted by Gasteiger charge is -2.43. The standard InChI is InChI=1S/C29H36N4O5/c1-2-33-17-18-37-24-9-4-3-7-21(24)8-5-6-12-29(27(33)35)13-15-32(16-14-29)20-26(34)30-22-10-11-23-25(19-22)38-28(36)31-23/h3-4,7,9-11,19H,2,5-6,8,12-18,20H2,1H3,(H,30,34)(H,31,36). The number of amides is 2. The largest absolute Gasteiger partial charge is 0.491 e. The number of anilines is 1. The number of hydrogen-bond acceptors (Lipinski definition) is 6. The Bertz CT molecular complexity index is 1340. The molecule has 1 saturated heterocycles. The van der Waals surface area contributed by atoms with Crippen LogP contribution >= 0.6 is 0 Å². The molecule has 0 bridgehead atoms. The molecule has 2 amide bonds. The predicted molar refractivity (Wildman–Crippen MR) is 145 cm³/mol. The van der Waals surface area contributed by atoms with Gasteiger partial charge in [0.1, 0.15) is 12.4 Å². The van der Waals surface area contributed by atoms with E-state index in [2.05, 4.69) is 27.3 Å². The Kier molecular flexibility index (Phi) is 7.83. The van der Waals surface area contributed by atoms with Gasteiger partial charge in [0.15, 0.2) is 5.58 Å². The number of ether oxygens (including phenoxy) is 1. The van der Waals surface area contributed by atoms with Crippen molar-refractivity contribution in [3.05, 3.63) is 58.6 Å². The number of nitrogens with one attached hydrogen (secondary N) is 2. The third kappa shape index (κ3) is 5.78. The molecule has 2 aromatic carbocycles. The average Bonchev–Trinajstić information content (AvgIpc) is 3.29. The molecule has 2 N–H and O–H groups in total. The average molecular weight is 521 g/mol. The Morgan fingerprint density at radius 3 is 2.68 bits per heavy atom. The number of oxazole rings is 1. The fourth-order valence-electron chi connectivity index (χ4n) is 5.77. The lowest BCUT2D eigenvalue weighted by atomic mass is 9.73. The van der Waals surface area contributed by atoms with Gasteiger partial charge in [0, 0.05) is 18.3 Å². The third-order valence-electron chi connectivity index (χ3n) is 7.95. The monoisotopic (exact) mass is 520 g/mol. The molecule has 0 unspecified atom stereocenters. The Balaban J connectivity index is 1.21. The highest BCUT2D eigenvalue weighted by Gasteiger charge is 2.43. The van der Waals surface area contributed by atoms with Crippen molar-refractivity contribution in [2.24, 2.45) is 5.41 Å². The van der Waals surface area contributed by atoms with Gasteiger partial charge in [-0.05, 0) is 75.9 Å². The lowest BCUT2D eigenvalue weighted by Crippen LogP contribution is -2.52. The van der Waals surface area contributed by atoms with Crippen molar-refractivity contribution in [2.45, 2.75) is 45.4 Å². The number of aromatic amines is 1. The van der Waals surface area contributed by atoms with Crippen molar-refractivity contribution in [1.82, 2.24) is 14.8 Å². The highest BCUT2D eigenvalue weighted by atomic mass is 16.5. The van der Waals surface area contributed by atoms with E-state index in [4.69, 9.17) is 9.15 Å². The van der Waals surface area contributed by atoms with Gasteiger partial charge in [-0.1, -0.05) is 24.6 Å². The first kappa shape index (κ1) is 26.0. The molecule has 2 aliphatic heterocycles. The highest BCUT2D eigenvalue weighted by molar-refractivity contribution is 5.94. The van der Waals surface area contributed by atoms with Gasteiger partial charge in [0.25, 0.3) is 0 Å². The zero-order chi connectivity index (χ0) is 26.5. The van der Waals surface area contributed by atoms with Gasteiger partial charge in [-0.15, -0.1) is 0 Å². The molecule has 0 saturated carbocycles. The van der Waals surface area contributed by atoms with Crippen molar-refractivity contribution < 1.29 is 18.7 Å². The molecule has 1 spiro atoms. The van der Waals surface area contributed by atoms with Crippen LogP contribution < -0.4 is 15.8 Å². The summed E-state index contributed by atoms with van der Waals surface area (Å²) < 4.78 is 11.2. The molecule has 0 atom stereocenters. The van der Waals surface area contributed by atoms with E-state index in [1.54, 1.807) is 18.2 Å². The quantitative estimate of drug-likeness (QED) is 0.542. The van der Waals surface area contributed by atoms with E-state index in [9.17, 15) is 14.4 Å². The SMILES string of the molecule is CCN1CCOc2ccccc2CCCCC2(CCN(CC(=O)Nc3ccc4[nH]c(=O)oc4c3)CC2)C1=O. The molecule has 38 heavy (non-hydrogen) atoms. The fourth-order valence-corrected chi connectivity index (χ4v) is 5.77. The smallest absolute Gasteiger partial charge is 0.417 e. The van der Waals surface area contributed by atoms with Gasteiger partial charge < -0.3 is 19.4 Å². The van der Waals surface area contributed by atoms with E-state index < -0.39 is 11.2 Å². The Morgan fingerprint density at radius 1 is 1.05 bits per heavy atom. The van der Waals surface area contributed by atoms with E-state index in [-0.39, 0.29) is 18.4 Å². The van der Waals surface area contributed by atoms with Crippen LogP contribution in [-0.4, -0.2) is 65.9 Å². The fraction of sp³-hybridized carbons (Fsp3) is 0.483. The Hall–Kier alpha value is -3.59. The molecule has 1 fully saturated rings. The molecule has 5 rings (SSSR count). The number of aryl methyl sites for hydroxylation is 1. The van der Waals surface area contributed by atoms with Crippen LogP contribution in [0.3, 0.4) is 0 Å². The molecule has 1 aromatic heterocycles. The molecule has 9 nitrogen and oxygen atoms in total. The maximum atomic E-state index is 13.8. The van der Waals surface area contributed by atoms with Crippen molar-refractivity contribution >= 4 is 28.6 Å². The molecule has 3 heterocycles. The van der Waals surface area contributed by atoms with Crippen LogP contribution in [0.2, 0.25) is 0 Å². The van der Waals surface area contributed by atoms with E-state index in [1.807, 2.05) is 24.0 Å². The summed E-state index contributed by atoms with van der Waals surface area (Å²) in [4.78, 5) is 44.6. The number of likely N-dealkylation sites (N-methyl/N-ethyl adjacent to an activating group) is 1. The second-order valence-corrected chi connectivity index (χ2v) is 10.4. The van der Waals surface area contributed by atoms with Gasteiger partial charge in [-0.2, -0.15) is 0 Å². The summed E-state index contributed by atoms with van der Waals surface area (Å²) in [7, 11) is 0. The summed E-state index contributed by atoms with van der Waals surface area (Å²) in [6.07, 6.45) is 5.30. The molecule has 202 valence electrons. The normalized spacial score (nSPS) is 18.9. The number of nitrogens with zero attached hydrogens (tertiary/aromatic N) is 2. The van der Waals surface area contributed by atoms with Gasteiger partial charge in [0.05, 0.1) is 24.0 Å². The van der Waals surface area contributed by atoms with E-state index in [1.165, 1.54) is 5.56 Å². The summed E-state index contributed by atoms with van der Waals surface area (Å²) >= 11 is 0. The zero-order valence-corrected chi connectivity index (χ0v) is 22.0. The first-order chi connectivity index (χ1) is 18.5. The summed E-state index contributed by atoms with van der Waals surface area (Å²) in [6.45, 7) is 5.38. The van der Waals surface area contributed by atoms with Crippen LogP contribution in [0.15, 0.2) is 51.7 Å². The molecule has 2 aliphatic rings. The predicted octanol–water partition coefficient (Wildman–Crippen LogP) is 3.80. The first-order valence-electron chi connectivity index (χ1n) is 13.6. The van der Waals surface area contributed by atoms with Crippen molar-refractivity contribution in [1.29, 1.82) is 0 Å². The zero-order valence-electron chi connectivity index (χ0n) is 22.0. The first-order valence-corrected chi connectivity index (χ1v) is 13.6. The maximum absolute atomic E-state index is 13.8. The van der Waals surface area contributed by atoms with Crippen LogP contribution in [0.25, 0.3) is 11.1 Å². The second-order valence-electron chi connectivity index (χ2n) is 10.4. The number of carbonyl (C=O) groups is 2. The van der Waals surface area contributed by atoms with E-state index in [0.29, 0.717) is 49.6 Å². The van der Waals surface area contributed by atoms with Gasteiger partial charge in [-0.25, -0.2) is 4.79 Å². The molecule has 0 aliphatic carbocycles. The lowest BCUT2D eigenvalue weighted by molar-refractivity contribution is -0.146. The van der Waals surface area contributed by atoms with Crippen LogP contribution in [0.4, 0.5) is 5.69 Å². The maximum Gasteiger partial charge on any atom is 0.417 e. The van der Waals surface area contributed by atoms with Crippen LogP contribution in [0.1, 0.15) is 44.6 Å². The topological polar surface area (TPSA) is 108 Å². The van der Waals surface area contributed by atoms with Gasteiger partial charge >= 0.3 is 5.76 Å². The molecular weight excluding hydrogens is 484 g/mol. The van der Waals surface area contributed by atoms with Gasteiger partial charge in [-0.3, -0.25) is 19.5 Å². The number of aromatic nitrogens is 1. The van der Waals surface area contributed by atoms with Crippen LogP contribution in [-0.2, 0) is 16.0 Å². The number of carbonyl (C=O) groups excluding carboxylic acids is 2. The van der Waals surface area contributed by atoms with Crippen molar-refractivity contribution in [3.8, 4) is 5.75 Å². The number of H-pyrrole nitrogens is 1. The Labute approximate surface area is 222 Å². The summed E-state index contributed by atoms with van der Waals surface area (Å²) in [6, 6.07) is 13.3. The number of likely N-dealkylation sites (tertiary alicyclic amines) is 1. The minimum atomic E-state index is -0.522. The molecule has 9 heteroatoms. The summed E-state index contributed by atoms with van der Waals surface area (Å²) in [5.74, 6) is 0.499. The van der Waals surface area contributed by atoms with E-state index >= 15 is 0 Å². The highest BCUT2D eigenvalue weighted by Crippen LogP contribution is 2.39. The van der Waals surface area contributed by atoms with Crippen molar-refractivity contribution in [2.75, 3.05) is 44.6 Å². The molecular formula is C29H36N4O5. The number of fused-ring (bicyclic) bond motifs is 2. The van der Waals surface area contributed by atoms with Gasteiger partial charge in [0.2, 0.25) is 11.8 Å². The minimum Gasteiger partial charge on any atom is -0.491 e.